The first-order valence-corrected chi connectivity index (χ1v) is 5.20. The molecule has 0 spiro atoms. The van der Waals surface area contributed by atoms with Gasteiger partial charge in [-0.1, -0.05) is 16.3 Å². The molecule has 0 unspecified atom stereocenters. The predicted octanol–water partition coefficient (Wildman–Crippen LogP) is 3.52. The molecule has 2 heterocycles. The van der Waals surface area contributed by atoms with Crippen molar-refractivity contribution in [1.29, 1.82) is 0 Å². The number of nitrogens with zero attached hydrogens (tertiary/aromatic N) is 4. The van der Waals surface area contributed by atoms with E-state index in [0.29, 0.717) is 5.76 Å². The molecule has 0 aliphatic carbocycles. The van der Waals surface area contributed by atoms with Crippen molar-refractivity contribution in [2.45, 2.75) is 13.5 Å². The Labute approximate surface area is 90.0 Å². The Kier molecular flexibility index (Phi) is 2.71. The van der Waals surface area contributed by atoms with Crippen LogP contribution >= 0.6 is 11.3 Å². The van der Waals surface area contributed by atoms with Crippen LogP contribution in [0.25, 0.3) is 21.0 Å². The molecular weight excluding hydrogens is 212 g/mol. The van der Waals surface area contributed by atoms with Crippen LogP contribution in [0.5, 0.6) is 0 Å². The third-order valence-corrected chi connectivity index (χ3v) is 2.91. The molecule has 2 aromatic rings. The molecule has 0 aliphatic rings. The maximum atomic E-state index is 8.29. The minimum atomic E-state index is 0.277. The number of hydrogen-bond donors (Lipinski definition) is 0. The van der Waals surface area contributed by atoms with E-state index in [4.69, 9.17) is 10.1 Å². The molecule has 5 nitrogen and oxygen atoms in total. The molecule has 6 heteroatoms. The number of aryl methyl sites for hydroxylation is 1. The van der Waals surface area contributed by atoms with Crippen molar-refractivity contribution in [3.63, 3.8) is 0 Å². The Morgan fingerprint density at radius 1 is 1.67 bits per heavy atom. The molecule has 0 aliphatic heterocycles. The SMILES string of the molecule is Cc1onc(-c2cccs2)c1CN=[N+]=[N-]. The molecule has 0 saturated heterocycles. The Balaban J connectivity index is 2.44. The normalized spacial score (nSPS) is 9.93. The molecule has 0 amide bonds. The Bertz CT molecular complexity index is 496. The van der Waals surface area contributed by atoms with Gasteiger partial charge in [0.15, 0.2) is 0 Å². The van der Waals surface area contributed by atoms with Gasteiger partial charge in [0.05, 0.1) is 11.4 Å². The second-order valence-corrected chi connectivity index (χ2v) is 3.88. The van der Waals surface area contributed by atoms with Crippen LogP contribution in [0.3, 0.4) is 0 Å². The van der Waals surface area contributed by atoms with Crippen LogP contribution in [-0.2, 0) is 6.54 Å². The Hall–Kier alpha value is -1.78. The number of hydrogen-bond acceptors (Lipinski definition) is 4. The average molecular weight is 220 g/mol. The van der Waals surface area contributed by atoms with E-state index in [2.05, 4.69) is 15.2 Å². The van der Waals surface area contributed by atoms with Crippen LogP contribution in [0.4, 0.5) is 0 Å². The molecule has 2 rings (SSSR count). The molecule has 0 fully saturated rings. The molecule has 0 radical (unpaired) electrons. The summed E-state index contributed by atoms with van der Waals surface area (Å²) in [6.45, 7) is 2.09. The summed E-state index contributed by atoms with van der Waals surface area (Å²) in [4.78, 5) is 3.76. The van der Waals surface area contributed by atoms with Gasteiger partial charge in [-0.05, 0) is 23.9 Å². The third-order valence-electron chi connectivity index (χ3n) is 2.03. The van der Waals surface area contributed by atoms with Crippen LogP contribution in [-0.4, -0.2) is 5.16 Å². The van der Waals surface area contributed by atoms with Crippen molar-refractivity contribution >= 4 is 11.3 Å². The maximum Gasteiger partial charge on any atom is 0.137 e. The van der Waals surface area contributed by atoms with Crippen LogP contribution in [0.15, 0.2) is 27.2 Å². The van der Waals surface area contributed by atoms with Crippen molar-refractivity contribution < 1.29 is 4.52 Å². The van der Waals surface area contributed by atoms with Crippen molar-refractivity contribution in [3.05, 3.63) is 39.3 Å². The molecule has 0 N–H and O–H groups in total. The minimum absolute atomic E-state index is 0.277. The number of azide groups is 1. The zero-order valence-electron chi connectivity index (χ0n) is 8.04. The Morgan fingerprint density at radius 3 is 3.20 bits per heavy atom. The van der Waals surface area contributed by atoms with Gasteiger partial charge >= 0.3 is 0 Å². The summed E-state index contributed by atoms with van der Waals surface area (Å²) in [6, 6.07) is 3.91. The summed E-state index contributed by atoms with van der Waals surface area (Å²) in [7, 11) is 0. The first kappa shape index (κ1) is 9.76. The standard InChI is InChI=1S/C9H8N4OS/c1-6-7(5-11-13-10)9(12-14-6)8-3-2-4-15-8/h2-4H,5H2,1H3. The van der Waals surface area contributed by atoms with Gasteiger partial charge in [0.25, 0.3) is 0 Å². The highest BCUT2D eigenvalue weighted by atomic mass is 32.1. The van der Waals surface area contributed by atoms with E-state index in [1.807, 2.05) is 24.4 Å². The van der Waals surface area contributed by atoms with Crippen LogP contribution in [0.1, 0.15) is 11.3 Å². The molecule has 76 valence electrons. The highest BCUT2D eigenvalue weighted by Gasteiger charge is 2.14. The van der Waals surface area contributed by atoms with Gasteiger partial charge in [-0.2, -0.15) is 0 Å². The smallest absolute Gasteiger partial charge is 0.137 e. The predicted molar refractivity (Wildman–Crippen MR) is 57.4 cm³/mol. The number of aromatic nitrogens is 1. The van der Waals surface area contributed by atoms with E-state index >= 15 is 0 Å². The summed E-state index contributed by atoms with van der Waals surface area (Å²) < 4.78 is 5.09. The van der Waals surface area contributed by atoms with E-state index in [9.17, 15) is 0 Å². The van der Waals surface area contributed by atoms with Gasteiger partial charge in [-0.25, -0.2) is 0 Å². The van der Waals surface area contributed by atoms with Crippen LogP contribution in [0.2, 0.25) is 0 Å². The topological polar surface area (TPSA) is 74.8 Å². The lowest BCUT2D eigenvalue weighted by atomic mass is 10.2. The van der Waals surface area contributed by atoms with Crippen molar-refractivity contribution in [2.24, 2.45) is 5.11 Å². The van der Waals surface area contributed by atoms with Crippen molar-refractivity contribution in [1.82, 2.24) is 5.16 Å². The van der Waals surface area contributed by atoms with E-state index < -0.39 is 0 Å². The van der Waals surface area contributed by atoms with Crippen molar-refractivity contribution in [3.8, 4) is 10.6 Å². The third kappa shape index (κ3) is 1.86. The monoisotopic (exact) mass is 220 g/mol. The van der Waals surface area contributed by atoms with E-state index in [1.54, 1.807) is 11.3 Å². The fraction of sp³-hybridized carbons (Fsp3) is 0.222. The van der Waals surface area contributed by atoms with Crippen LogP contribution in [0, 0.1) is 6.92 Å². The van der Waals surface area contributed by atoms with Gasteiger partial charge in [0, 0.05) is 10.5 Å². The largest absolute Gasteiger partial charge is 0.361 e. The first-order valence-electron chi connectivity index (χ1n) is 4.33. The number of thiophene rings is 1. The van der Waals surface area contributed by atoms with E-state index in [1.165, 1.54) is 0 Å². The molecule has 2 aromatic heterocycles. The molecule has 15 heavy (non-hydrogen) atoms. The summed E-state index contributed by atoms with van der Waals surface area (Å²) >= 11 is 1.58. The lowest BCUT2D eigenvalue weighted by Crippen LogP contribution is -1.84. The van der Waals surface area contributed by atoms with Gasteiger partial charge < -0.3 is 4.52 Å². The molecule has 0 bridgehead atoms. The Morgan fingerprint density at radius 2 is 2.53 bits per heavy atom. The zero-order chi connectivity index (χ0) is 10.7. The fourth-order valence-electron chi connectivity index (χ4n) is 1.29. The fourth-order valence-corrected chi connectivity index (χ4v) is 2.02. The molecule has 0 aromatic carbocycles. The van der Waals surface area contributed by atoms with E-state index in [0.717, 1.165) is 16.1 Å². The minimum Gasteiger partial charge on any atom is -0.361 e. The second kappa shape index (κ2) is 4.16. The lowest BCUT2D eigenvalue weighted by Gasteiger charge is -1.94. The van der Waals surface area contributed by atoms with Gasteiger partial charge in [-0.3, -0.25) is 0 Å². The summed E-state index contributed by atoms with van der Waals surface area (Å²) in [5, 5.41) is 9.46. The molecule has 0 saturated carbocycles. The summed E-state index contributed by atoms with van der Waals surface area (Å²) in [5.74, 6) is 0.700. The highest BCUT2D eigenvalue weighted by Crippen LogP contribution is 2.29. The first-order chi connectivity index (χ1) is 7.33. The molecule has 0 atom stereocenters. The summed E-state index contributed by atoms with van der Waals surface area (Å²) in [6.07, 6.45) is 0. The quantitative estimate of drug-likeness (QED) is 0.450. The van der Waals surface area contributed by atoms with Gasteiger partial charge in [0.2, 0.25) is 0 Å². The maximum absolute atomic E-state index is 8.29. The van der Waals surface area contributed by atoms with Gasteiger partial charge in [-0.15, -0.1) is 11.3 Å². The van der Waals surface area contributed by atoms with Crippen molar-refractivity contribution in [2.75, 3.05) is 0 Å². The molecular formula is C9H8N4OS. The van der Waals surface area contributed by atoms with E-state index in [-0.39, 0.29) is 6.54 Å². The summed E-state index contributed by atoms with van der Waals surface area (Å²) in [5.41, 5.74) is 9.92. The van der Waals surface area contributed by atoms with Gasteiger partial charge in [0.1, 0.15) is 11.5 Å². The van der Waals surface area contributed by atoms with Crippen LogP contribution < -0.4 is 0 Å². The number of rotatable bonds is 3. The highest BCUT2D eigenvalue weighted by molar-refractivity contribution is 7.13. The zero-order valence-corrected chi connectivity index (χ0v) is 8.86. The second-order valence-electron chi connectivity index (χ2n) is 2.93. The average Bonchev–Trinajstić information content (AvgIpc) is 2.84. The lowest BCUT2D eigenvalue weighted by molar-refractivity contribution is 0.398.